The second-order valence-corrected chi connectivity index (χ2v) is 6.20. The van der Waals surface area contributed by atoms with E-state index in [9.17, 15) is 18.0 Å². The molecule has 152 valence electrons. The highest BCUT2D eigenvalue weighted by molar-refractivity contribution is 6.32. The zero-order valence-electron chi connectivity index (χ0n) is 15.4. The average Bonchev–Trinajstić information content (AvgIpc) is 2.66. The Labute approximate surface area is 165 Å². The summed E-state index contributed by atoms with van der Waals surface area (Å²) in [5, 5.41) is 2.50. The van der Waals surface area contributed by atoms with Crippen molar-refractivity contribution in [2.75, 3.05) is 24.6 Å². The standard InChI is InChI=1S/C18H20ClF3N4O2/c1-3-26(4-2)15-6-5-12(8-23-15)9-24-16(27)13-7-14(19)17(25-10-13)28-11-18(20,21)22/h5-8,10H,3-4,9,11H2,1-2H3,(H,24,27). The van der Waals surface area contributed by atoms with E-state index in [2.05, 4.69) is 24.9 Å². The Kier molecular flexibility index (Phi) is 7.45. The summed E-state index contributed by atoms with van der Waals surface area (Å²) in [6.45, 7) is 4.48. The Morgan fingerprint density at radius 3 is 2.46 bits per heavy atom. The number of carbonyl (C=O) groups is 1. The van der Waals surface area contributed by atoms with Crippen LogP contribution in [0.2, 0.25) is 5.02 Å². The van der Waals surface area contributed by atoms with E-state index < -0.39 is 18.7 Å². The second-order valence-electron chi connectivity index (χ2n) is 5.79. The van der Waals surface area contributed by atoms with Gasteiger partial charge in [-0.1, -0.05) is 17.7 Å². The van der Waals surface area contributed by atoms with Gasteiger partial charge < -0.3 is 15.0 Å². The predicted octanol–water partition coefficient (Wildman–Crippen LogP) is 3.85. The molecule has 2 heterocycles. The van der Waals surface area contributed by atoms with Crippen LogP contribution in [0.1, 0.15) is 29.8 Å². The van der Waals surface area contributed by atoms with Crippen LogP contribution >= 0.6 is 11.6 Å². The topological polar surface area (TPSA) is 67.4 Å². The van der Waals surface area contributed by atoms with Gasteiger partial charge in [0.2, 0.25) is 5.88 Å². The van der Waals surface area contributed by atoms with E-state index in [1.54, 1.807) is 6.20 Å². The van der Waals surface area contributed by atoms with Crippen LogP contribution in [0.25, 0.3) is 0 Å². The summed E-state index contributed by atoms with van der Waals surface area (Å²) in [6.07, 6.45) is -1.72. The molecule has 2 aromatic heterocycles. The first-order valence-electron chi connectivity index (χ1n) is 8.56. The zero-order chi connectivity index (χ0) is 20.7. The normalized spacial score (nSPS) is 11.2. The van der Waals surface area contributed by atoms with Crippen molar-refractivity contribution in [2.45, 2.75) is 26.6 Å². The van der Waals surface area contributed by atoms with Gasteiger partial charge in [-0.3, -0.25) is 4.79 Å². The molecule has 10 heteroatoms. The summed E-state index contributed by atoms with van der Waals surface area (Å²) in [5.74, 6) is 0.00169. The third-order valence-electron chi connectivity index (χ3n) is 3.79. The maximum Gasteiger partial charge on any atom is 0.422 e. The number of halogens is 4. The van der Waals surface area contributed by atoms with E-state index in [4.69, 9.17) is 11.6 Å². The molecule has 0 spiro atoms. The zero-order valence-corrected chi connectivity index (χ0v) is 16.1. The van der Waals surface area contributed by atoms with Gasteiger partial charge in [0.25, 0.3) is 5.91 Å². The highest BCUT2D eigenvalue weighted by atomic mass is 35.5. The molecule has 0 aliphatic heterocycles. The summed E-state index contributed by atoms with van der Waals surface area (Å²) >= 11 is 5.84. The Balaban J connectivity index is 1.95. The van der Waals surface area contributed by atoms with Gasteiger partial charge in [0.05, 0.1) is 5.56 Å². The molecule has 1 amide bonds. The van der Waals surface area contributed by atoms with Crippen molar-refractivity contribution in [2.24, 2.45) is 0 Å². The van der Waals surface area contributed by atoms with Crippen molar-refractivity contribution in [1.29, 1.82) is 0 Å². The molecule has 0 saturated carbocycles. The smallest absolute Gasteiger partial charge is 0.422 e. The van der Waals surface area contributed by atoms with Crippen LogP contribution in [-0.4, -0.2) is 41.7 Å². The van der Waals surface area contributed by atoms with Gasteiger partial charge in [0.1, 0.15) is 10.8 Å². The van der Waals surface area contributed by atoms with Crippen molar-refractivity contribution in [1.82, 2.24) is 15.3 Å². The van der Waals surface area contributed by atoms with E-state index in [0.29, 0.717) is 0 Å². The molecule has 0 bridgehead atoms. The second kappa shape index (κ2) is 9.59. The molecule has 0 fully saturated rings. The first-order chi connectivity index (χ1) is 13.2. The third kappa shape index (κ3) is 6.26. The minimum atomic E-state index is -4.50. The fourth-order valence-corrected chi connectivity index (χ4v) is 2.57. The van der Waals surface area contributed by atoms with Gasteiger partial charge in [-0.2, -0.15) is 13.2 Å². The predicted molar refractivity (Wildman–Crippen MR) is 99.8 cm³/mol. The number of hydrogen-bond donors (Lipinski definition) is 1. The quantitative estimate of drug-likeness (QED) is 0.708. The lowest BCUT2D eigenvalue weighted by molar-refractivity contribution is -0.154. The number of aromatic nitrogens is 2. The van der Waals surface area contributed by atoms with E-state index in [1.165, 1.54) is 6.07 Å². The number of hydrogen-bond acceptors (Lipinski definition) is 5. The molecule has 0 aliphatic rings. The number of nitrogens with zero attached hydrogens (tertiary/aromatic N) is 3. The third-order valence-corrected chi connectivity index (χ3v) is 4.06. The number of anilines is 1. The molecule has 2 rings (SSSR count). The van der Waals surface area contributed by atoms with E-state index in [1.807, 2.05) is 26.0 Å². The highest BCUT2D eigenvalue weighted by Crippen LogP contribution is 2.25. The number of nitrogens with one attached hydrogen (secondary N) is 1. The van der Waals surface area contributed by atoms with Gasteiger partial charge in [0.15, 0.2) is 6.61 Å². The highest BCUT2D eigenvalue weighted by Gasteiger charge is 2.29. The minimum Gasteiger partial charge on any atom is -0.467 e. The van der Waals surface area contributed by atoms with Crippen LogP contribution in [0.5, 0.6) is 5.88 Å². The molecule has 0 aromatic carbocycles. The molecule has 0 saturated heterocycles. The summed E-state index contributed by atoms with van der Waals surface area (Å²) < 4.78 is 41.1. The van der Waals surface area contributed by atoms with Crippen LogP contribution in [0.4, 0.5) is 19.0 Å². The van der Waals surface area contributed by atoms with Crippen molar-refractivity contribution >= 4 is 23.3 Å². The van der Waals surface area contributed by atoms with Gasteiger partial charge in [-0.15, -0.1) is 0 Å². The van der Waals surface area contributed by atoms with Crippen LogP contribution in [0.15, 0.2) is 30.6 Å². The average molecular weight is 417 g/mol. The van der Waals surface area contributed by atoms with Gasteiger partial charge >= 0.3 is 6.18 Å². The van der Waals surface area contributed by atoms with E-state index in [-0.39, 0.29) is 23.0 Å². The Morgan fingerprint density at radius 1 is 1.21 bits per heavy atom. The Morgan fingerprint density at radius 2 is 1.93 bits per heavy atom. The van der Waals surface area contributed by atoms with Crippen LogP contribution in [0.3, 0.4) is 0 Å². The molecular formula is C18H20ClF3N4O2. The molecule has 0 radical (unpaired) electrons. The first kappa shape index (κ1) is 21.7. The summed E-state index contributed by atoms with van der Waals surface area (Å²) in [6, 6.07) is 4.94. The molecule has 0 atom stereocenters. The van der Waals surface area contributed by atoms with Crippen molar-refractivity contribution in [3.63, 3.8) is 0 Å². The van der Waals surface area contributed by atoms with Gasteiger partial charge in [0, 0.05) is 32.0 Å². The number of amides is 1. The Hall–Kier alpha value is -2.55. The molecule has 0 unspecified atom stereocenters. The van der Waals surface area contributed by atoms with Crippen molar-refractivity contribution in [3.8, 4) is 5.88 Å². The molecule has 2 aromatic rings. The van der Waals surface area contributed by atoms with Crippen LogP contribution in [0, 0.1) is 0 Å². The lowest BCUT2D eigenvalue weighted by Gasteiger charge is -2.19. The van der Waals surface area contributed by atoms with Crippen molar-refractivity contribution < 1.29 is 22.7 Å². The van der Waals surface area contributed by atoms with Gasteiger partial charge in [-0.05, 0) is 31.5 Å². The molecule has 6 nitrogen and oxygen atoms in total. The number of ether oxygens (including phenoxy) is 1. The number of alkyl halides is 3. The molecule has 28 heavy (non-hydrogen) atoms. The lowest BCUT2D eigenvalue weighted by atomic mass is 10.2. The number of rotatable bonds is 8. The summed E-state index contributed by atoms with van der Waals surface area (Å²) in [5.41, 5.74) is 0.908. The maximum absolute atomic E-state index is 12.2. The van der Waals surface area contributed by atoms with Crippen molar-refractivity contribution in [3.05, 3.63) is 46.7 Å². The van der Waals surface area contributed by atoms with Gasteiger partial charge in [-0.25, -0.2) is 9.97 Å². The summed E-state index contributed by atoms with van der Waals surface area (Å²) in [4.78, 5) is 22.3. The monoisotopic (exact) mass is 416 g/mol. The minimum absolute atomic E-state index is 0.108. The molecule has 0 aliphatic carbocycles. The fourth-order valence-electron chi connectivity index (χ4n) is 2.35. The fraction of sp³-hybridized carbons (Fsp3) is 0.389. The summed E-state index contributed by atoms with van der Waals surface area (Å²) in [7, 11) is 0. The molecular weight excluding hydrogens is 397 g/mol. The maximum atomic E-state index is 12.2. The SMILES string of the molecule is CCN(CC)c1ccc(CNC(=O)c2cnc(OCC(F)(F)F)c(Cl)c2)cn1. The van der Waals surface area contributed by atoms with E-state index >= 15 is 0 Å². The molecule has 1 N–H and O–H groups in total. The first-order valence-corrected chi connectivity index (χ1v) is 8.94. The number of carbonyl (C=O) groups excluding carboxylic acids is 1. The Bertz CT molecular complexity index is 796. The van der Waals surface area contributed by atoms with Crippen LogP contribution < -0.4 is 15.0 Å². The van der Waals surface area contributed by atoms with E-state index in [0.717, 1.165) is 30.7 Å². The van der Waals surface area contributed by atoms with Crippen LogP contribution in [-0.2, 0) is 6.54 Å². The number of pyridine rings is 2. The lowest BCUT2D eigenvalue weighted by Crippen LogP contribution is -2.24. The largest absolute Gasteiger partial charge is 0.467 e.